The fourth-order valence-electron chi connectivity index (χ4n) is 2.51. The maximum Gasteiger partial charge on any atom is 0.131 e. The number of aldehydes is 1. The molecule has 1 heteroatoms. The Morgan fingerprint density at radius 3 is 2.00 bits per heavy atom. The summed E-state index contributed by atoms with van der Waals surface area (Å²) >= 11 is 0. The van der Waals surface area contributed by atoms with E-state index in [1.807, 2.05) is 73.7 Å². The van der Waals surface area contributed by atoms with E-state index in [1.54, 1.807) is 0 Å². The van der Waals surface area contributed by atoms with Gasteiger partial charge in [-0.1, -0.05) is 66.7 Å². The van der Waals surface area contributed by atoms with Crippen LogP contribution in [0, 0.1) is 0 Å². The van der Waals surface area contributed by atoms with Gasteiger partial charge in [0.25, 0.3) is 0 Å². The van der Waals surface area contributed by atoms with Crippen LogP contribution in [0.2, 0.25) is 0 Å². The highest BCUT2D eigenvalue weighted by Gasteiger charge is 2.34. The average molecular weight is 250 g/mol. The quantitative estimate of drug-likeness (QED) is 0.576. The summed E-state index contributed by atoms with van der Waals surface area (Å²) in [6.07, 6.45) is 2.89. The van der Waals surface area contributed by atoms with E-state index in [-0.39, 0.29) is 5.92 Å². The molecule has 1 nitrogen and oxygen atoms in total. The van der Waals surface area contributed by atoms with E-state index in [2.05, 4.69) is 6.58 Å². The molecule has 2 aromatic carbocycles. The van der Waals surface area contributed by atoms with Gasteiger partial charge in [0.2, 0.25) is 0 Å². The predicted molar refractivity (Wildman–Crippen MR) is 79.2 cm³/mol. The lowest BCUT2D eigenvalue weighted by Crippen LogP contribution is -2.31. The molecule has 0 aromatic heterocycles. The van der Waals surface area contributed by atoms with E-state index in [9.17, 15) is 4.79 Å². The van der Waals surface area contributed by atoms with Gasteiger partial charge in [-0.15, -0.1) is 6.58 Å². The standard InChI is InChI=1S/C18H18O/c1-3-17(15-10-6-4-7-11-15)18(2,14-19)16-12-8-5-9-13-16/h3-14,17H,1H2,2H3/t17-,18+/m0/s1. The van der Waals surface area contributed by atoms with Gasteiger partial charge in [0, 0.05) is 5.92 Å². The Hall–Kier alpha value is -2.15. The summed E-state index contributed by atoms with van der Waals surface area (Å²) in [5.41, 5.74) is 1.53. The minimum Gasteiger partial charge on any atom is -0.302 e. The summed E-state index contributed by atoms with van der Waals surface area (Å²) in [5.74, 6) is -0.0337. The Morgan fingerprint density at radius 1 is 1.00 bits per heavy atom. The zero-order chi connectivity index (χ0) is 13.7. The van der Waals surface area contributed by atoms with E-state index in [0.717, 1.165) is 17.4 Å². The third-order valence-electron chi connectivity index (χ3n) is 3.68. The molecular formula is C18H18O. The molecule has 0 radical (unpaired) electrons. The molecule has 0 unspecified atom stereocenters. The fourth-order valence-corrected chi connectivity index (χ4v) is 2.51. The van der Waals surface area contributed by atoms with Crippen LogP contribution in [0.1, 0.15) is 24.0 Å². The van der Waals surface area contributed by atoms with E-state index >= 15 is 0 Å². The molecular weight excluding hydrogens is 232 g/mol. The molecule has 19 heavy (non-hydrogen) atoms. The Balaban J connectivity index is 2.51. The molecule has 0 bridgehead atoms. The average Bonchev–Trinajstić information content (AvgIpc) is 2.49. The minimum absolute atomic E-state index is 0.0337. The minimum atomic E-state index is -0.593. The van der Waals surface area contributed by atoms with E-state index < -0.39 is 5.41 Å². The molecule has 0 amide bonds. The van der Waals surface area contributed by atoms with Crippen LogP contribution in [0.4, 0.5) is 0 Å². The Kier molecular flexibility index (Phi) is 3.96. The smallest absolute Gasteiger partial charge is 0.131 e. The second-order valence-electron chi connectivity index (χ2n) is 4.89. The van der Waals surface area contributed by atoms with Gasteiger partial charge in [-0.05, 0) is 18.1 Å². The van der Waals surface area contributed by atoms with E-state index in [4.69, 9.17) is 0 Å². The zero-order valence-electron chi connectivity index (χ0n) is 11.1. The molecule has 0 saturated carbocycles. The maximum atomic E-state index is 11.8. The first-order valence-electron chi connectivity index (χ1n) is 6.41. The van der Waals surface area contributed by atoms with Gasteiger partial charge in [-0.2, -0.15) is 0 Å². The van der Waals surface area contributed by atoms with Crippen molar-refractivity contribution in [3.8, 4) is 0 Å². The van der Waals surface area contributed by atoms with Crippen LogP contribution in [-0.2, 0) is 10.2 Å². The number of hydrogen-bond donors (Lipinski definition) is 0. The van der Waals surface area contributed by atoms with Gasteiger partial charge in [0.1, 0.15) is 6.29 Å². The summed E-state index contributed by atoms with van der Waals surface area (Å²) in [6.45, 7) is 5.89. The Labute approximate surface area is 114 Å². The van der Waals surface area contributed by atoms with Crippen LogP contribution >= 0.6 is 0 Å². The lowest BCUT2D eigenvalue weighted by atomic mass is 9.70. The van der Waals surface area contributed by atoms with Crippen molar-refractivity contribution in [2.24, 2.45) is 0 Å². The van der Waals surface area contributed by atoms with E-state index in [1.165, 1.54) is 0 Å². The molecule has 0 spiro atoms. The summed E-state index contributed by atoms with van der Waals surface area (Å²) in [4.78, 5) is 11.8. The van der Waals surface area contributed by atoms with Crippen LogP contribution in [0.3, 0.4) is 0 Å². The molecule has 0 fully saturated rings. The van der Waals surface area contributed by atoms with Crippen molar-refractivity contribution in [1.29, 1.82) is 0 Å². The number of hydrogen-bond acceptors (Lipinski definition) is 1. The largest absolute Gasteiger partial charge is 0.302 e. The van der Waals surface area contributed by atoms with Crippen molar-refractivity contribution in [1.82, 2.24) is 0 Å². The second-order valence-corrected chi connectivity index (χ2v) is 4.89. The third kappa shape index (κ3) is 2.50. The molecule has 2 aromatic rings. The monoisotopic (exact) mass is 250 g/mol. The van der Waals surface area contributed by atoms with Gasteiger partial charge in [0.15, 0.2) is 0 Å². The van der Waals surface area contributed by atoms with Crippen molar-refractivity contribution in [3.63, 3.8) is 0 Å². The highest BCUT2D eigenvalue weighted by atomic mass is 16.1. The molecule has 2 atom stereocenters. The first-order valence-corrected chi connectivity index (χ1v) is 6.41. The number of carbonyl (C=O) groups is 1. The second kappa shape index (κ2) is 5.66. The number of benzene rings is 2. The van der Waals surface area contributed by atoms with Crippen LogP contribution in [0.15, 0.2) is 73.3 Å². The summed E-state index contributed by atoms with van der Waals surface area (Å²) < 4.78 is 0. The van der Waals surface area contributed by atoms with Gasteiger partial charge < -0.3 is 4.79 Å². The fraction of sp³-hybridized carbons (Fsp3) is 0.167. The normalized spacial score (nSPS) is 15.2. The van der Waals surface area contributed by atoms with Crippen LogP contribution in [0.25, 0.3) is 0 Å². The number of carbonyl (C=O) groups excluding carboxylic acids is 1. The summed E-state index contributed by atoms with van der Waals surface area (Å²) in [7, 11) is 0. The van der Waals surface area contributed by atoms with Crippen molar-refractivity contribution in [2.45, 2.75) is 18.3 Å². The van der Waals surface area contributed by atoms with Gasteiger partial charge in [-0.3, -0.25) is 0 Å². The van der Waals surface area contributed by atoms with Crippen molar-refractivity contribution in [2.75, 3.05) is 0 Å². The molecule has 0 saturated heterocycles. The topological polar surface area (TPSA) is 17.1 Å². The van der Waals surface area contributed by atoms with Crippen LogP contribution in [-0.4, -0.2) is 6.29 Å². The molecule has 0 aliphatic carbocycles. The molecule has 0 N–H and O–H groups in total. The maximum absolute atomic E-state index is 11.8. The van der Waals surface area contributed by atoms with Crippen molar-refractivity contribution >= 4 is 6.29 Å². The Morgan fingerprint density at radius 2 is 1.53 bits per heavy atom. The zero-order valence-corrected chi connectivity index (χ0v) is 11.1. The third-order valence-corrected chi connectivity index (χ3v) is 3.68. The highest BCUT2D eigenvalue weighted by Crippen LogP contribution is 2.38. The first kappa shape index (κ1) is 13.3. The molecule has 0 aliphatic rings. The van der Waals surface area contributed by atoms with Crippen LogP contribution in [0.5, 0.6) is 0 Å². The molecule has 96 valence electrons. The first-order chi connectivity index (χ1) is 9.22. The number of allylic oxidation sites excluding steroid dienone is 1. The lowest BCUT2D eigenvalue weighted by Gasteiger charge is -2.31. The van der Waals surface area contributed by atoms with Crippen molar-refractivity contribution in [3.05, 3.63) is 84.4 Å². The summed E-state index contributed by atoms with van der Waals surface area (Å²) in [6, 6.07) is 19.9. The SMILES string of the molecule is C=C[C@@H](c1ccccc1)[C@](C)(C=O)c1ccccc1. The predicted octanol–water partition coefficient (Wildman–Crippen LogP) is 4.11. The van der Waals surface area contributed by atoms with E-state index in [0.29, 0.717) is 0 Å². The molecule has 0 heterocycles. The Bertz CT molecular complexity index is 544. The number of rotatable bonds is 5. The molecule has 2 rings (SSSR count). The van der Waals surface area contributed by atoms with Gasteiger partial charge in [0.05, 0.1) is 5.41 Å². The highest BCUT2D eigenvalue weighted by molar-refractivity contribution is 5.71. The molecule has 0 aliphatic heterocycles. The van der Waals surface area contributed by atoms with Crippen molar-refractivity contribution < 1.29 is 4.79 Å². The van der Waals surface area contributed by atoms with Crippen LogP contribution < -0.4 is 0 Å². The lowest BCUT2D eigenvalue weighted by molar-refractivity contribution is -0.112. The summed E-state index contributed by atoms with van der Waals surface area (Å²) in [5, 5.41) is 0. The van der Waals surface area contributed by atoms with Gasteiger partial charge in [-0.25, -0.2) is 0 Å². The van der Waals surface area contributed by atoms with Gasteiger partial charge >= 0.3 is 0 Å².